The first kappa shape index (κ1) is 20.7. The monoisotopic (exact) mass is 382 g/mol. The maximum atomic E-state index is 12.8. The van der Waals surface area contributed by atoms with E-state index in [1.807, 2.05) is 0 Å². The Morgan fingerprint density at radius 2 is 1.96 bits per heavy atom. The first-order valence-electron chi connectivity index (χ1n) is 9.41. The minimum Gasteiger partial charge on any atom is -0.497 e. The van der Waals surface area contributed by atoms with Crippen LogP contribution in [0.3, 0.4) is 0 Å². The fourth-order valence-electron chi connectivity index (χ4n) is 3.18. The van der Waals surface area contributed by atoms with Crippen molar-refractivity contribution in [3.63, 3.8) is 0 Å². The van der Waals surface area contributed by atoms with E-state index in [-0.39, 0.29) is 23.3 Å². The van der Waals surface area contributed by atoms with Crippen molar-refractivity contribution in [2.45, 2.75) is 50.3 Å². The Labute approximate surface area is 157 Å². The van der Waals surface area contributed by atoms with Gasteiger partial charge in [0.1, 0.15) is 5.75 Å². The zero-order valence-electron chi connectivity index (χ0n) is 15.7. The Bertz CT molecular complexity index is 673. The number of benzene rings is 1. The number of piperidine rings is 1. The summed E-state index contributed by atoms with van der Waals surface area (Å²) in [6.07, 6.45) is 5.85. The van der Waals surface area contributed by atoms with Gasteiger partial charge >= 0.3 is 0 Å². The van der Waals surface area contributed by atoms with Crippen LogP contribution in [0.5, 0.6) is 5.75 Å². The minimum absolute atomic E-state index is 0.0314. The van der Waals surface area contributed by atoms with Crippen molar-refractivity contribution in [2.75, 3.05) is 26.7 Å². The predicted octanol–water partition coefficient (Wildman–Crippen LogP) is 2.79. The van der Waals surface area contributed by atoms with Crippen LogP contribution in [0.25, 0.3) is 0 Å². The summed E-state index contributed by atoms with van der Waals surface area (Å²) >= 11 is 0. The van der Waals surface area contributed by atoms with Gasteiger partial charge in [-0.15, -0.1) is 0 Å². The molecule has 6 nitrogen and oxygen atoms in total. The number of nitrogens with zero attached hydrogens (tertiary/aromatic N) is 1. The quantitative estimate of drug-likeness (QED) is 0.667. The van der Waals surface area contributed by atoms with Gasteiger partial charge in [0.25, 0.3) is 0 Å². The average molecular weight is 383 g/mol. The van der Waals surface area contributed by atoms with Crippen molar-refractivity contribution in [1.82, 2.24) is 9.62 Å². The molecule has 0 saturated carbocycles. The second-order valence-electron chi connectivity index (χ2n) is 6.73. The third kappa shape index (κ3) is 5.45. The molecule has 0 radical (unpaired) electrons. The molecule has 1 unspecified atom stereocenters. The van der Waals surface area contributed by atoms with Gasteiger partial charge in [0, 0.05) is 19.6 Å². The number of unbranched alkanes of at least 4 members (excludes halogenated alkanes) is 3. The summed E-state index contributed by atoms with van der Waals surface area (Å²) in [6.45, 7) is 3.52. The molecule has 146 valence electrons. The number of sulfonamides is 1. The number of carbonyl (C=O) groups is 1. The lowest BCUT2D eigenvalue weighted by Crippen LogP contribution is -2.45. The molecule has 1 atom stereocenters. The fourth-order valence-corrected chi connectivity index (χ4v) is 4.70. The van der Waals surface area contributed by atoms with Gasteiger partial charge in [0.05, 0.1) is 17.9 Å². The van der Waals surface area contributed by atoms with Crippen LogP contribution >= 0.6 is 0 Å². The molecule has 1 saturated heterocycles. The Morgan fingerprint density at radius 3 is 2.62 bits per heavy atom. The molecule has 1 amide bonds. The minimum atomic E-state index is -3.59. The van der Waals surface area contributed by atoms with Crippen molar-refractivity contribution in [3.8, 4) is 5.75 Å². The largest absolute Gasteiger partial charge is 0.497 e. The zero-order valence-corrected chi connectivity index (χ0v) is 16.6. The number of nitrogens with one attached hydrogen (secondary N) is 1. The van der Waals surface area contributed by atoms with Crippen LogP contribution in [0.1, 0.15) is 45.4 Å². The lowest BCUT2D eigenvalue weighted by atomic mass is 9.99. The molecular weight excluding hydrogens is 352 g/mol. The molecule has 0 spiro atoms. The van der Waals surface area contributed by atoms with Gasteiger partial charge in [-0.3, -0.25) is 4.79 Å². The fraction of sp³-hybridized carbons (Fsp3) is 0.632. The van der Waals surface area contributed by atoms with Gasteiger partial charge in [0.15, 0.2) is 0 Å². The molecule has 1 aliphatic heterocycles. The Morgan fingerprint density at radius 1 is 1.23 bits per heavy atom. The summed E-state index contributed by atoms with van der Waals surface area (Å²) in [5.41, 5.74) is 0. The van der Waals surface area contributed by atoms with E-state index >= 15 is 0 Å². The predicted molar refractivity (Wildman–Crippen MR) is 102 cm³/mol. The van der Waals surface area contributed by atoms with Crippen molar-refractivity contribution in [2.24, 2.45) is 5.92 Å². The first-order chi connectivity index (χ1) is 12.5. The van der Waals surface area contributed by atoms with E-state index in [1.54, 1.807) is 31.4 Å². The van der Waals surface area contributed by atoms with Gasteiger partial charge in [0.2, 0.25) is 15.9 Å². The highest BCUT2D eigenvalue weighted by Gasteiger charge is 2.33. The Balaban J connectivity index is 1.94. The number of amides is 1. The number of carbonyl (C=O) groups excluding carboxylic acids is 1. The molecule has 1 fully saturated rings. The second kappa shape index (κ2) is 9.92. The van der Waals surface area contributed by atoms with Gasteiger partial charge < -0.3 is 10.1 Å². The molecule has 1 aliphatic rings. The smallest absolute Gasteiger partial charge is 0.243 e. The zero-order chi connectivity index (χ0) is 19.0. The van der Waals surface area contributed by atoms with Gasteiger partial charge in [-0.1, -0.05) is 26.2 Å². The summed E-state index contributed by atoms with van der Waals surface area (Å²) in [4.78, 5) is 12.6. The molecule has 1 heterocycles. The van der Waals surface area contributed by atoms with E-state index in [0.29, 0.717) is 25.3 Å². The summed E-state index contributed by atoms with van der Waals surface area (Å²) in [7, 11) is -2.05. The molecule has 0 bridgehead atoms. The molecule has 2 rings (SSSR count). The normalized spacial score (nSPS) is 18.5. The van der Waals surface area contributed by atoms with Gasteiger partial charge in [-0.2, -0.15) is 4.31 Å². The SMILES string of the molecule is CCCCCCNC(=O)C1CCCN(S(=O)(=O)c2ccc(OC)cc2)C1. The molecular formula is C19H30N2O4S. The lowest BCUT2D eigenvalue weighted by molar-refractivity contribution is -0.126. The van der Waals surface area contributed by atoms with Crippen molar-refractivity contribution >= 4 is 15.9 Å². The van der Waals surface area contributed by atoms with Crippen LogP contribution < -0.4 is 10.1 Å². The van der Waals surface area contributed by atoms with Crippen LogP contribution in [0.2, 0.25) is 0 Å². The molecule has 0 aliphatic carbocycles. The van der Waals surface area contributed by atoms with Crippen molar-refractivity contribution < 1.29 is 17.9 Å². The summed E-state index contributed by atoms with van der Waals surface area (Å²) in [5.74, 6) is 0.307. The summed E-state index contributed by atoms with van der Waals surface area (Å²) < 4.78 is 32.2. The molecule has 26 heavy (non-hydrogen) atoms. The first-order valence-corrected chi connectivity index (χ1v) is 10.8. The number of hydrogen-bond donors (Lipinski definition) is 1. The average Bonchev–Trinajstić information content (AvgIpc) is 2.67. The molecule has 7 heteroatoms. The van der Waals surface area contributed by atoms with Crippen LogP contribution in [0.4, 0.5) is 0 Å². The number of ether oxygens (including phenoxy) is 1. The maximum Gasteiger partial charge on any atom is 0.243 e. The highest BCUT2D eigenvalue weighted by atomic mass is 32.2. The molecule has 1 aromatic carbocycles. The maximum absolute atomic E-state index is 12.8. The third-order valence-electron chi connectivity index (χ3n) is 4.78. The lowest BCUT2D eigenvalue weighted by Gasteiger charge is -2.31. The van der Waals surface area contributed by atoms with E-state index in [0.717, 1.165) is 25.7 Å². The second-order valence-corrected chi connectivity index (χ2v) is 8.67. The number of methoxy groups -OCH3 is 1. The van der Waals surface area contributed by atoms with Crippen molar-refractivity contribution in [3.05, 3.63) is 24.3 Å². The summed E-state index contributed by atoms with van der Waals surface area (Å²) in [5, 5.41) is 2.96. The van der Waals surface area contributed by atoms with Crippen LogP contribution in [-0.4, -0.2) is 45.4 Å². The Kier molecular flexibility index (Phi) is 7.90. The van der Waals surface area contributed by atoms with Crippen LogP contribution in [0.15, 0.2) is 29.2 Å². The molecule has 1 aromatic rings. The standard InChI is InChI=1S/C19H30N2O4S/c1-3-4-5-6-13-20-19(22)16-8-7-14-21(15-16)26(23,24)18-11-9-17(25-2)10-12-18/h9-12,16H,3-8,13-15H2,1-2H3,(H,20,22). The number of rotatable bonds is 9. The van der Waals surface area contributed by atoms with Gasteiger partial charge in [-0.25, -0.2) is 8.42 Å². The Hall–Kier alpha value is -1.60. The summed E-state index contributed by atoms with van der Waals surface area (Å²) in [6, 6.07) is 6.37. The highest BCUT2D eigenvalue weighted by molar-refractivity contribution is 7.89. The molecule has 1 N–H and O–H groups in total. The topological polar surface area (TPSA) is 75.7 Å². The number of hydrogen-bond acceptors (Lipinski definition) is 4. The highest BCUT2D eigenvalue weighted by Crippen LogP contribution is 2.25. The van der Waals surface area contributed by atoms with E-state index in [9.17, 15) is 13.2 Å². The van der Waals surface area contributed by atoms with E-state index in [4.69, 9.17) is 4.74 Å². The third-order valence-corrected chi connectivity index (χ3v) is 6.66. The van der Waals surface area contributed by atoms with E-state index in [2.05, 4.69) is 12.2 Å². The van der Waals surface area contributed by atoms with Crippen LogP contribution in [0, 0.1) is 5.92 Å². The van der Waals surface area contributed by atoms with Gasteiger partial charge in [-0.05, 0) is 43.5 Å². The van der Waals surface area contributed by atoms with Crippen LogP contribution in [-0.2, 0) is 14.8 Å². The molecule has 0 aromatic heterocycles. The van der Waals surface area contributed by atoms with Crippen molar-refractivity contribution in [1.29, 1.82) is 0 Å². The van der Waals surface area contributed by atoms with E-state index in [1.165, 1.54) is 10.7 Å². The van der Waals surface area contributed by atoms with E-state index < -0.39 is 10.0 Å².